The first-order valence-electron chi connectivity index (χ1n) is 12.2. The molecule has 1 amide bonds. The summed E-state index contributed by atoms with van der Waals surface area (Å²) < 4.78 is 113. The standard InChI is InChI=1S/C24H29F6N5O5S/c1-21(2,3)40-20(36)34-9-10-35(18(14-34)13-33-41(38,39)15-16-7-5-4-6-8-16)19-31-11-17(12-32-19)22(37,23(25,26)27)24(28,29)30/h4-8,11-12,18,33,37H,9-10,13-15H2,1-3H3/t18-/m0/s1. The van der Waals surface area contributed by atoms with E-state index in [4.69, 9.17) is 4.74 Å². The van der Waals surface area contributed by atoms with Crippen LogP contribution in [-0.4, -0.2) is 84.7 Å². The van der Waals surface area contributed by atoms with Gasteiger partial charge in [0.15, 0.2) is 0 Å². The zero-order valence-electron chi connectivity index (χ0n) is 22.2. The summed E-state index contributed by atoms with van der Waals surface area (Å²) in [4.78, 5) is 22.6. The highest BCUT2D eigenvalue weighted by Crippen LogP contribution is 2.49. The van der Waals surface area contributed by atoms with Crippen LogP contribution in [0.3, 0.4) is 0 Å². The number of nitrogens with zero attached hydrogens (tertiary/aromatic N) is 4. The number of aromatic nitrogens is 2. The third-order valence-electron chi connectivity index (χ3n) is 6.01. The molecule has 0 bridgehead atoms. The molecule has 1 saturated heterocycles. The molecule has 1 fully saturated rings. The number of carbonyl (C=O) groups excluding carboxylic acids is 1. The van der Waals surface area contributed by atoms with Crippen molar-refractivity contribution in [3.05, 3.63) is 53.9 Å². The average Bonchev–Trinajstić information content (AvgIpc) is 2.85. The second-order valence-electron chi connectivity index (χ2n) is 10.3. The van der Waals surface area contributed by atoms with E-state index in [1.165, 1.54) is 9.80 Å². The zero-order chi connectivity index (χ0) is 30.9. The van der Waals surface area contributed by atoms with Gasteiger partial charge in [-0.15, -0.1) is 0 Å². The van der Waals surface area contributed by atoms with E-state index in [9.17, 15) is 44.7 Å². The Morgan fingerprint density at radius 3 is 2.10 bits per heavy atom. The topological polar surface area (TPSA) is 125 Å². The van der Waals surface area contributed by atoms with Crippen molar-refractivity contribution in [1.82, 2.24) is 19.6 Å². The summed E-state index contributed by atoms with van der Waals surface area (Å²) in [6, 6.07) is 7.35. The minimum atomic E-state index is -6.12. The van der Waals surface area contributed by atoms with Gasteiger partial charge in [-0.3, -0.25) is 0 Å². The van der Waals surface area contributed by atoms with Crippen LogP contribution in [-0.2, 0) is 26.1 Å². The third-order valence-corrected chi connectivity index (χ3v) is 7.33. The fourth-order valence-electron chi connectivity index (χ4n) is 4.00. The summed E-state index contributed by atoms with van der Waals surface area (Å²) in [6.07, 6.45) is -12.5. The maximum Gasteiger partial charge on any atom is 0.430 e. The summed E-state index contributed by atoms with van der Waals surface area (Å²) in [5, 5.41) is 9.61. The number of aliphatic hydroxyl groups is 1. The Labute approximate surface area is 232 Å². The van der Waals surface area contributed by atoms with E-state index in [2.05, 4.69) is 14.7 Å². The molecular weight excluding hydrogens is 584 g/mol. The molecule has 0 unspecified atom stereocenters. The van der Waals surface area contributed by atoms with Crippen LogP contribution in [0.2, 0.25) is 0 Å². The number of alkyl halides is 6. The monoisotopic (exact) mass is 613 g/mol. The number of piperazine rings is 1. The first-order valence-corrected chi connectivity index (χ1v) is 13.8. The van der Waals surface area contributed by atoms with Crippen LogP contribution < -0.4 is 9.62 Å². The van der Waals surface area contributed by atoms with Gasteiger partial charge in [0, 0.05) is 44.1 Å². The second kappa shape index (κ2) is 11.6. The molecule has 0 spiro atoms. The van der Waals surface area contributed by atoms with Gasteiger partial charge in [0.2, 0.25) is 16.0 Å². The second-order valence-corrected chi connectivity index (χ2v) is 12.2. The van der Waals surface area contributed by atoms with Crippen LogP contribution in [0.15, 0.2) is 42.7 Å². The quantitative estimate of drug-likeness (QED) is 0.456. The SMILES string of the molecule is CC(C)(C)OC(=O)N1CCN(c2ncc(C(O)(C(F)(F)F)C(F)(F)F)cn2)[C@@H](CNS(=O)(=O)Cc2ccccc2)C1. The molecule has 2 aromatic rings. The molecule has 0 aliphatic carbocycles. The number of ether oxygens (including phenoxy) is 1. The van der Waals surface area contributed by atoms with Crippen molar-refractivity contribution in [2.24, 2.45) is 0 Å². The maximum atomic E-state index is 13.3. The molecule has 1 aromatic heterocycles. The Morgan fingerprint density at radius 1 is 1.02 bits per heavy atom. The Bertz CT molecular complexity index is 1290. The normalized spacial score (nSPS) is 17.5. The van der Waals surface area contributed by atoms with E-state index in [0.717, 1.165) is 0 Å². The number of benzene rings is 1. The number of nitrogens with one attached hydrogen (secondary N) is 1. The highest BCUT2D eigenvalue weighted by Gasteiger charge is 2.71. The number of amides is 1. The van der Waals surface area contributed by atoms with Crippen molar-refractivity contribution in [2.45, 2.75) is 56.1 Å². The summed E-state index contributed by atoms with van der Waals surface area (Å²) in [7, 11) is -3.90. The molecule has 2 heterocycles. The van der Waals surface area contributed by atoms with E-state index in [1.807, 2.05) is 0 Å². The van der Waals surface area contributed by atoms with Crippen LogP contribution in [0.25, 0.3) is 0 Å². The molecule has 1 atom stereocenters. The van der Waals surface area contributed by atoms with Crippen LogP contribution in [0.1, 0.15) is 31.9 Å². The van der Waals surface area contributed by atoms with Gasteiger partial charge in [0.05, 0.1) is 11.8 Å². The Kier molecular flexibility index (Phi) is 9.15. The fraction of sp³-hybridized carbons (Fsp3) is 0.542. The van der Waals surface area contributed by atoms with Crippen LogP contribution in [0, 0.1) is 0 Å². The van der Waals surface area contributed by atoms with Gasteiger partial charge in [-0.25, -0.2) is 27.9 Å². The summed E-state index contributed by atoms with van der Waals surface area (Å²) in [6.45, 7) is 4.44. The molecule has 41 heavy (non-hydrogen) atoms. The van der Waals surface area contributed by atoms with Crippen LogP contribution in [0.5, 0.6) is 0 Å². The first kappa shape index (κ1) is 32.3. The zero-order valence-corrected chi connectivity index (χ0v) is 23.0. The lowest BCUT2D eigenvalue weighted by atomic mass is 9.95. The third kappa shape index (κ3) is 7.77. The molecule has 3 rings (SSSR count). The molecule has 228 valence electrons. The molecule has 1 aliphatic rings. The maximum absolute atomic E-state index is 13.3. The van der Waals surface area contributed by atoms with Crippen molar-refractivity contribution in [2.75, 3.05) is 31.1 Å². The molecule has 1 aromatic carbocycles. The predicted octanol–water partition coefficient (Wildman–Crippen LogP) is 3.33. The number of anilines is 1. The molecule has 0 radical (unpaired) electrons. The van der Waals surface area contributed by atoms with Gasteiger partial charge in [-0.1, -0.05) is 30.3 Å². The molecule has 2 N–H and O–H groups in total. The minimum absolute atomic E-state index is 0.00231. The van der Waals surface area contributed by atoms with E-state index in [0.29, 0.717) is 5.56 Å². The van der Waals surface area contributed by atoms with Crippen molar-refractivity contribution in [3.8, 4) is 0 Å². The van der Waals surface area contributed by atoms with E-state index in [1.54, 1.807) is 51.1 Å². The van der Waals surface area contributed by atoms with Crippen molar-refractivity contribution in [3.63, 3.8) is 0 Å². The number of rotatable bonds is 7. The van der Waals surface area contributed by atoms with E-state index < -0.39 is 51.3 Å². The Balaban J connectivity index is 1.88. The van der Waals surface area contributed by atoms with Crippen molar-refractivity contribution < 1.29 is 49.4 Å². The number of sulfonamides is 1. The largest absolute Gasteiger partial charge is 0.444 e. The lowest BCUT2D eigenvalue weighted by Crippen LogP contribution is -2.59. The lowest BCUT2D eigenvalue weighted by molar-refractivity contribution is -0.376. The average molecular weight is 614 g/mol. The smallest absolute Gasteiger partial charge is 0.430 e. The molecule has 10 nitrogen and oxygen atoms in total. The molecule has 17 heteroatoms. The first-order chi connectivity index (χ1) is 18.7. The Morgan fingerprint density at radius 2 is 1.59 bits per heavy atom. The number of halogens is 6. The fourth-order valence-corrected chi connectivity index (χ4v) is 5.18. The molecule has 0 saturated carbocycles. The van der Waals surface area contributed by atoms with E-state index >= 15 is 0 Å². The van der Waals surface area contributed by atoms with Gasteiger partial charge >= 0.3 is 18.4 Å². The summed E-state index contributed by atoms with van der Waals surface area (Å²) in [5.74, 6) is -0.703. The van der Waals surface area contributed by atoms with Crippen molar-refractivity contribution in [1.29, 1.82) is 0 Å². The van der Waals surface area contributed by atoms with Gasteiger partial charge < -0.3 is 19.6 Å². The summed E-state index contributed by atoms with van der Waals surface area (Å²) >= 11 is 0. The van der Waals surface area contributed by atoms with E-state index in [-0.39, 0.29) is 50.3 Å². The van der Waals surface area contributed by atoms with Crippen molar-refractivity contribution >= 4 is 22.1 Å². The highest BCUT2D eigenvalue weighted by molar-refractivity contribution is 7.88. The number of hydrogen-bond acceptors (Lipinski definition) is 8. The molecular formula is C24H29F6N5O5S. The van der Waals surface area contributed by atoms with Crippen LogP contribution >= 0.6 is 0 Å². The molecule has 1 aliphatic heterocycles. The van der Waals surface area contributed by atoms with Gasteiger partial charge in [-0.2, -0.15) is 26.3 Å². The van der Waals surface area contributed by atoms with Gasteiger partial charge in [-0.05, 0) is 26.3 Å². The Hall–Kier alpha value is -3.18. The van der Waals surface area contributed by atoms with Gasteiger partial charge in [0.25, 0.3) is 5.60 Å². The van der Waals surface area contributed by atoms with Crippen LogP contribution in [0.4, 0.5) is 37.1 Å². The highest BCUT2D eigenvalue weighted by atomic mass is 32.2. The minimum Gasteiger partial charge on any atom is -0.444 e. The lowest BCUT2D eigenvalue weighted by Gasteiger charge is -2.41. The number of carbonyl (C=O) groups is 1. The number of hydrogen-bond donors (Lipinski definition) is 2. The van der Waals surface area contributed by atoms with Gasteiger partial charge in [0.1, 0.15) is 5.60 Å². The summed E-state index contributed by atoms with van der Waals surface area (Å²) in [5.41, 5.74) is -7.20. The predicted molar refractivity (Wildman–Crippen MR) is 134 cm³/mol.